The smallest absolute Gasteiger partial charge is 0.0695 e. The van der Waals surface area contributed by atoms with Crippen LogP contribution in [0.1, 0.15) is 65.2 Å². The maximum absolute atomic E-state index is 10.2. The van der Waals surface area contributed by atoms with Crippen molar-refractivity contribution in [3.63, 3.8) is 0 Å². The number of nitrogens with one attached hydrogen (secondary N) is 1. The Hall–Kier alpha value is -0.160. The first-order valence-corrected chi connectivity index (χ1v) is 9.45. The van der Waals surface area contributed by atoms with Gasteiger partial charge in [-0.2, -0.15) is 0 Å². The van der Waals surface area contributed by atoms with Crippen LogP contribution in [-0.4, -0.2) is 59.5 Å². The molecule has 2 saturated heterocycles. The quantitative estimate of drug-likeness (QED) is 0.839. The molecule has 0 bridgehead atoms. The van der Waals surface area contributed by atoms with Gasteiger partial charge in [-0.1, -0.05) is 12.8 Å². The van der Waals surface area contributed by atoms with Crippen LogP contribution in [-0.2, 0) is 4.74 Å². The Bertz CT molecular complexity index is 334. The summed E-state index contributed by atoms with van der Waals surface area (Å²) in [5.74, 6) is 0. The maximum Gasteiger partial charge on any atom is 0.0695 e. The first-order chi connectivity index (χ1) is 10.6. The molecule has 2 heterocycles. The van der Waals surface area contributed by atoms with E-state index in [1.807, 2.05) is 0 Å². The highest BCUT2D eigenvalue weighted by molar-refractivity contribution is 4.89. The predicted octanol–water partition coefficient (Wildman–Crippen LogP) is 2.30. The molecule has 4 atom stereocenters. The molecule has 4 heteroatoms. The molecule has 3 rings (SSSR count). The van der Waals surface area contributed by atoms with Gasteiger partial charge in [-0.15, -0.1) is 0 Å². The highest BCUT2D eigenvalue weighted by Crippen LogP contribution is 2.27. The van der Waals surface area contributed by atoms with Crippen LogP contribution in [0, 0.1) is 0 Å². The summed E-state index contributed by atoms with van der Waals surface area (Å²) >= 11 is 0. The molecule has 4 nitrogen and oxygen atoms in total. The highest BCUT2D eigenvalue weighted by atomic mass is 16.5. The molecule has 0 amide bonds. The molecule has 2 aliphatic heterocycles. The van der Waals surface area contributed by atoms with Gasteiger partial charge in [0.1, 0.15) is 0 Å². The third-order valence-corrected chi connectivity index (χ3v) is 5.86. The van der Waals surface area contributed by atoms with E-state index in [0.29, 0.717) is 30.3 Å². The number of aliphatic hydroxyl groups is 1. The van der Waals surface area contributed by atoms with Gasteiger partial charge < -0.3 is 15.2 Å². The lowest BCUT2D eigenvalue weighted by atomic mass is 9.89. The van der Waals surface area contributed by atoms with E-state index in [0.717, 1.165) is 32.4 Å². The van der Waals surface area contributed by atoms with Crippen molar-refractivity contribution in [1.82, 2.24) is 10.2 Å². The lowest BCUT2D eigenvalue weighted by Gasteiger charge is -2.43. The third kappa shape index (κ3) is 4.22. The summed E-state index contributed by atoms with van der Waals surface area (Å²) in [5, 5.41) is 14.1. The van der Waals surface area contributed by atoms with Crippen molar-refractivity contribution in [3.8, 4) is 0 Å². The first-order valence-electron chi connectivity index (χ1n) is 9.45. The number of piperidine rings is 1. The molecule has 2 N–H and O–H groups in total. The molecular formula is C18H34N2O2. The summed E-state index contributed by atoms with van der Waals surface area (Å²) in [6, 6.07) is 1.70. The van der Waals surface area contributed by atoms with E-state index < -0.39 is 0 Å². The third-order valence-electron chi connectivity index (χ3n) is 5.86. The van der Waals surface area contributed by atoms with Crippen LogP contribution in [0.4, 0.5) is 0 Å². The van der Waals surface area contributed by atoms with E-state index in [2.05, 4.69) is 24.1 Å². The van der Waals surface area contributed by atoms with Crippen molar-refractivity contribution in [3.05, 3.63) is 0 Å². The van der Waals surface area contributed by atoms with Crippen molar-refractivity contribution < 1.29 is 9.84 Å². The SMILES string of the molecule is CC1CC(NC2CCN(C3CCCCC3O)CC2)CC(C)O1. The predicted molar refractivity (Wildman–Crippen MR) is 89.0 cm³/mol. The van der Waals surface area contributed by atoms with Crippen LogP contribution in [0.15, 0.2) is 0 Å². The van der Waals surface area contributed by atoms with E-state index in [-0.39, 0.29) is 6.10 Å². The topological polar surface area (TPSA) is 44.7 Å². The Morgan fingerprint density at radius 1 is 0.909 bits per heavy atom. The van der Waals surface area contributed by atoms with Gasteiger partial charge in [-0.25, -0.2) is 0 Å². The van der Waals surface area contributed by atoms with Crippen molar-refractivity contribution in [2.24, 2.45) is 0 Å². The average Bonchev–Trinajstić information content (AvgIpc) is 2.48. The molecule has 1 aliphatic carbocycles. The van der Waals surface area contributed by atoms with Gasteiger partial charge in [0.2, 0.25) is 0 Å². The summed E-state index contributed by atoms with van der Waals surface area (Å²) in [4.78, 5) is 2.55. The Morgan fingerprint density at radius 2 is 1.55 bits per heavy atom. The molecular weight excluding hydrogens is 276 g/mol. The number of ether oxygens (including phenoxy) is 1. The molecule has 0 spiro atoms. The van der Waals surface area contributed by atoms with Crippen molar-refractivity contribution >= 4 is 0 Å². The first kappa shape index (κ1) is 16.7. The fourth-order valence-electron chi connectivity index (χ4n) is 4.79. The summed E-state index contributed by atoms with van der Waals surface area (Å²) < 4.78 is 5.84. The van der Waals surface area contributed by atoms with Crippen molar-refractivity contribution in [2.75, 3.05) is 13.1 Å². The van der Waals surface area contributed by atoms with Crippen LogP contribution in [0.5, 0.6) is 0 Å². The Balaban J connectivity index is 1.43. The zero-order valence-corrected chi connectivity index (χ0v) is 14.3. The summed E-state index contributed by atoms with van der Waals surface area (Å²) in [6.45, 7) is 6.68. The van der Waals surface area contributed by atoms with Gasteiger partial charge in [0.25, 0.3) is 0 Å². The second-order valence-corrected chi connectivity index (χ2v) is 7.82. The summed E-state index contributed by atoms with van der Waals surface area (Å²) in [5.41, 5.74) is 0. The largest absolute Gasteiger partial charge is 0.391 e. The molecule has 128 valence electrons. The molecule has 0 radical (unpaired) electrons. The number of rotatable bonds is 3. The van der Waals surface area contributed by atoms with Crippen molar-refractivity contribution in [1.29, 1.82) is 0 Å². The highest BCUT2D eigenvalue weighted by Gasteiger charge is 2.32. The summed E-state index contributed by atoms with van der Waals surface area (Å²) in [7, 11) is 0. The fraction of sp³-hybridized carbons (Fsp3) is 1.00. The molecule has 0 aromatic rings. The standard InChI is InChI=1S/C18H34N2O2/c1-13-11-16(12-14(2)22-13)19-15-7-9-20(10-8-15)17-5-3-4-6-18(17)21/h13-19,21H,3-12H2,1-2H3. The molecule has 3 aliphatic rings. The Labute approximate surface area is 135 Å². The van der Waals surface area contributed by atoms with E-state index in [1.54, 1.807) is 0 Å². The van der Waals surface area contributed by atoms with E-state index in [4.69, 9.17) is 4.74 Å². The number of hydrogen-bond donors (Lipinski definition) is 2. The van der Waals surface area contributed by atoms with Crippen LogP contribution >= 0.6 is 0 Å². The monoisotopic (exact) mass is 310 g/mol. The van der Waals surface area contributed by atoms with Gasteiger partial charge in [0.05, 0.1) is 18.3 Å². The number of hydrogen-bond acceptors (Lipinski definition) is 4. The molecule has 3 fully saturated rings. The zero-order valence-electron chi connectivity index (χ0n) is 14.3. The van der Waals surface area contributed by atoms with Gasteiger partial charge in [0, 0.05) is 31.2 Å². The second kappa shape index (κ2) is 7.61. The minimum atomic E-state index is -0.0875. The van der Waals surface area contributed by atoms with Gasteiger partial charge in [-0.3, -0.25) is 4.90 Å². The van der Waals surface area contributed by atoms with Gasteiger partial charge >= 0.3 is 0 Å². The average molecular weight is 310 g/mol. The van der Waals surface area contributed by atoms with Gasteiger partial charge in [-0.05, 0) is 52.4 Å². The van der Waals surface area contributed by atoms with Gasteiger partial charge in [0.15, 0.2) is 0 Å². The number of likely N-dealkylation sites (tertiary alicyclic amines) is 1. The Morgan fingerprint density at radius 3 is 2.18 bits per heavy atom. The molecule has 4 unspecified atom stereocenters. The Kier molecular flexibility index (Phi) is 5.77. The van der Waals surface area contributed by atoms with Crippen LogP contribution < -0.4 is 5.32 Å². The van der Waals surface area contributed by atoms with Crippen LogP contribution in [0.3, 0.4) is 0 Å². The number of aliphatic hydroxyl groups excluding tert-OH is 1. The lowest BCUT2D eigenvalue weighted by Crippen LogP contribution is -2.53. The minimum absolute atomic E-state index is 0.0875. The van der Waals surface area contributed by atoms with Crippen LogP contribution in [0.25, 0.3) is 0 Å². The molecule has 22 heavy (non-hydrogen) atoms. The normalized spacial score (nSPS) is 42.4. The van der Waals surface area contributed by atoms with E-state index in [9.17, 15) is 5.11 Å². The molecule has 0 aromatic heterocycles. The fourth-order valence-corrected chi connectivity index (χ4v) is 4.79. The number of nitrogens with zero attached hydrogens (tertiary/aromatic N) is 1. The molecule has 1 saturated carbocycles. The maximum atomic E-state index is 10.2. The van der Waals surface area contributed by atoms with E-state index in [1.165, 1.54) is 32.1 Å². The van der Waals surface area contributed by atoms with Crippen molar-refractivity contribution in [2.45, 2.75) is 102 Å². The van der Waals surface area contributed by atoms with E-state index >= 15 is 0 Å². The molecule has 0 aromatic carbocycles. The minimum Gasteiger partial charge on any atom is -0.391 e. The summed E-state index contributed by atoms with van der Waals surface area (Å²) in [6.07, 6.45) is 10.1. The second-order valence-electron chi connectivity index (χ2n) is 7.82. The lowest BCUT2D eigenvalue weighted by molar-refractivity contribution is -0.0458. The van der Waals surface area contributed by atoms with Crippen LogP contribution in [0.2, 0.25) is 0 Å². The zero-order chi connectivity index (χ0) is 15.5.